The molecule has 0 unspecified atom stereocenters. The summed E-state index contributed by atoms with van der Waals surface area (Å²) in [5.74, 6) is -0.580. The molecular formula is C22H20N2O5S. The van der Waals surface area contributed by atoms with E-state index >= 15 is 0 Å². The minimum atomic E-state index is -0.680. The van der Waals surface area contributed by atoms with Crippen LogP contribution >= 0.6 is 11.3 Å². The topological polar surface area (TPSA) is 86.8 Å². The third-order valence-electron chi connectivity index (χ3n) is 4.13. The lowest BCUT2D eigenvalue weighted by molar-refractivity contribution is -0.138. The van der Waals surface area contributed by atoms with Crippen molar-refractivity contribution in [1.29, 1.82) is 0 Å². The van der Waals surface area contributed by atoms with Crippen molar-refractivity contribution < 1.29 is 23.8 Å². The molecule has 30 heavy (non-hydrogen) atoms. The number of anilines is 1. The van der Waals surface area contributed by atoms with Crippen molar-refractivity contribution in [2.45, 2.75) is 0 Å². The van der Waals surface area contributed by atoms with Gasteiger partial charge < -0.3 is 19.5 Å². The highest BCUT2D eigenvalue weighted by Crippen LogP contribution is 2.31. The molecular weight excluding hydrogens is 404 g/mol. The summed E-state index contributed by atoms with van der Waals surface area (Å²) in [5, 5.41) is 5.69. The molecule has 8 heteroatoms. The van der Waals surface area contributed by atoms with E-state index in [1.165, 1.54) is 25.6 Å². The van der Waals surface area contributed by atoms with E-state index in [0.29, 0.717) is 5.69 Å². The van der Waals surface area contributed by atoms with Gasteiger partial charge in [0.1, 0.15) is 16.5 Å². The summed E-state index contributed by atoms with van der Waals surface area (Å²) in [6, 6.07) is 15.1. The van der Waals surface area contributed by atoms with Crippen LogP contribution in [0.15, 0.2) is 65.7 Å². The van der Waals surface area contributed by atoms with Crippen molar-refractivity contribution in [1.82, 2.24) is 4.98 Å². The Labute approximate surface area is 177 Å². The lowest BCUT2D eigenvalue weighted by atomic mass is 10.1. The zero-order valence-corrected chi connectivity index (χ0v) is 17.5. The highest BCUT2D eigenvalue weighted by Gasteiger charge is 2.14. The smallest absolute Gasteiger partial charge is 0.354 e. The van der Waals surface area contributed by atoms with Crippen LogP contribution in [0.2, 0.25) is 0 Å². The van der Waals surface area contributed by atoms with Crippen LogP contribution in [-0.4, -0.2) is 38.3 Å². The van der Waals surface area contributed by atoms with Gasteiger partial charge in [-0.3, -0.25) is 0 Å². The van der Waals surface area contributed by atoms with Crippen molar-refractivity contribution in [3.63, 3.8) is 0 Å². The quantitative estimate of drug-likeness (QED) is 0.451. The highest BCUT2D eigenvalue weighted by atomic mass is 32.1. The Kier molecular flexibility index (Phi) is 6.82. The molecule has 0 amide bonds. The number of methoxy groups -OCH3 is 3. The molecule has 0 aliphatic heterocycles. The van der Waals surface area contributed by atoms with E-state index in [0.717, 1.165) is 33.7 Å². The van der Waals surface area contributed by atoms with E-state index in [4.69, 9.17) is 14.5 Å². The molecule has 7 nitrogen and oxygen atoms in total. The number of hydrogen-bond donors (Lipinski definition) is 1. The lowest BCUT2D eigenvalue weighted by Gasteiger charge is -2.10. The summed E-state index contributed by atoms with van der Waals surface area (Å²) >= 11 is 1.50. The Morgan fingerprint density at radius 2 is 1.77 bits per heavy atom. The second-order valence-corrected chi connectivity index (χ2v) is 6.91. The standard InChI is InChI=1S/C22H20N2O5S/c1-27-17-9-5-6-14(11-17)19-13-30-21(24-19)15-7-4-8-16(10-15)23-18(22(26)29-3)12-20(25)28-2/h4-13,23H,1-3H3/b18-12+. The molecule has 0 aliphatic carbocycles. The maximum Gasteiger partial charge on any atom is 0.354 e. The monoisotopic (exact) mass is 424 g/mol. The molecule has 3 rings (SSSR count). The predicted octanol–water partition coefficient (Wildman–Crippen LogP) is 4.13. The van der Waals surface area contributed by atoms with Crippen LogP contribution in [0.4, 0.5) is 5.69 Å². The van der Waals surface area contributed by atoms with Gasteiger partial charge in [-0.25, -0.2) is 14.6 Å². The number of carbonyl (C=O) groups excluding carboxylic acids is 2. The molecule has 2 aromatic carbocycles. The summed E-state index contributed by atoms with van der Waals surface area (Å²) in [4.78, 5) is 28.2. The lowest BCUT2D eigenvalue weighted by Crippen LogP contribution is -2.15. The Morgan fingerprint density at radius 3 is 2.50 bits per heavy atom. The average Bonchev–Trinajstić information content (AvgIpc) is 3.28. The van der Waals surface area contributed by atoms with Gasteiger partial charge in [0.15, 0.2) is 0 Å². The number of esters is 2. The Hall–Kier alpha value is -3.65. The fraction of sp³-hybridized carbons (Fsp3) is 0.136. The van der Waals surface area contributed by atoms with Gasteiger partial charge in [-0.2, -0.15) is 0 Å². The maximum absolute atomic E-state index is 12.0. The average molecular weight is 424 g/mol. The number of nitrogens with zero attached hydrogens (tertiary/aromatic N) is 1. The molecule has 0 atom stereocenters. The van der Waals surface area contributed by atoms with Gasteiger partial charge in [0, 0.05) is 22.2 Å². The van der Waals surface area contributed by atoms with Crippen LogP contribution in [-0.2, 0) is 19.1 Å². The molecule has 3 aromatic rings. The van der Waals surface area contributed by atoms with E-state index in [-0.39, 0.29) is 5.70 Å². The zero-order valence-electron chi connectivity index (χ0n) is 16.7. The number of rotatable bonds is 7. The van der Waals surface area contributed by atoms with Gasteiger partial charge in [-0.15, -0.1) is 11.3 Å². The van der Waals surface area contributed by atoms with Crippen molar-refractivity contribution in [2.75, 3.05) is 26.6 Å². The number of benzene rings is 2. The first kappa shape index (κ1) is 21.1. The van der Waals surface area contributed by atoms with Gasteiger partial charge in [0.05, 0.1) is 33.1 Å². The largest absolute Gasteiger partial charge is 0.497 e. The molecule has 1 heterocycles. The molecule has 0 spiro atoms. The van der Waals surface area contributed by atoms with Gasteiger partial charge >= 0.3 is 11.9 Å². The number of thiazole rings is 1. The second-order valence-electron chi connectivity index (χ2n) is 6.05. The zero-order chi connectivity index (χ0) is 21.5. The molecule has 1 aromatic heterocycles. The molecule has 0 saturated carbocycles. The molecule has 1 N–H and O–H groups in total. The Morgan fingerprint density at radius 1 is 1.00 bits per heavy atom. The van der Waals surface area contributed by atoms with Gasteiger partial charge in [-0.05, 0) is 24.3 Å². The second kappa shape index (κ2) is 9.71. The third kappa shape index (κ3) is 5.03. The summed E-state index contributed by atoms with van der Waals surface area (Å²) in [7, 11) is 4.10. The molecule has 154 valence electrons. The predicted molar refractivity (Wildman–Crippen MR) is 115 cm³/mol. The minimum absolute atomic E-state index is 0.0299. The normalized spacial score (nSPS) is 11.0. The molecule has 0 fully saturated rings. The number of aromatic nitrogens is 1. The fourth-order valence-corrected chi connectivity index (χ4v) is 3.47. The van der Waals surface area contributed by atoms with E-state index in [1.54, 1.807) is 13.2 Å². The Balaban J connectivity index is 1.86. The van der Waals surface area contributed by atoms with E-state index in [9.17, 15) is 9.59 Å². The van der Waals surface area contributed by atoms with E-state index in [2.05, 4.69) is 10.1 Å². The van der Waals surface area contributed by atoms with Crippen LogP contribution in [0.3, 0.4) is 0 Å². The maximum atomic E-state index is 12.0. The van der Waals surface area contributed by atoms with Crippen molar-refractivity contribution in [2.24, 2.45) is 0 Å². The van der Waals surface area contributed by atoms with Crippen LogP contribution in [0.25, 0.3) is 21.8 Å². The summed E-state index contributed by atoms with van der Waals surface area (Å²) < 4.78 is 14.6. The first-order valence-corrected chi connectivity index (χ1v) is 9.77. The fourth-order valence-electron chi connectivity index (χ4n) is 2.64. The SMILES string of the molecule is COC(=O)/C=C(/Nc1cccc(-c2nc(-c3cccc(OC)c3)cs2)c1)C(=O)OC. The van der Waals surface area contributed by atoms with Gasteiger partial charge in [0.2, 0.25) is 0 Å². The third-order valence-corrected chi connectivity index (χ3v) is 5.02. The van der Waals surface area contributed by atoms with Crippen LogP contribution < -0.4 is 10.1 Å². The van der Waals surface area contributed by atoms with Crippen molar-refractivity contribution in [3.05, 3.63) is 65.7 Å². The Bertz CT molecular complexity index is 1090. The van der Waals surface area contributed by atoms with Crippen LogP contribution in [0.5, 0.6) is 5.75 Å². The number of carbonyl (C=O) groups is 2. The van der Waals surface area contributed by atoms with E-state index < -0.39 is 11.9 Å². The first-order chi connectivity index (χ1) is 14.5. The molecule has 0 radical (unpaired) electrons. The number of hydrogen-bond acceptors (Lipinski definition) is 8. The minimum Gasteiger partial charge on any atom is -0.497 e. The number of ether oxygens (including phenoxy) is 3. The van der Waals surface area contributed by atoms with Crippen LogP contribution in [0.1, 0.15) is 0 Å². The summed E-state index contributed by atoms with van der Waals surface area (Å²) in [5.41, 5.74) is 3.23. The van der Waals surface area contributed by atoms with Gasteiger partial charge in [0.25, 0.3) is 0 Å². The summed E-state index contributed by atoms with van der Waals surface area (Å²) in [6.07, 6.45) is 1.04. The summed E-state index contributed by atoms with van der Waals surface area (Å²) in [6.45, 7) is 0. The first-order valence-electron chi connectivity index (χ1n) is 8.89. The number of nitrogens with one attached hydrogen (secondary N) is 1. The highest BCUT2D eigenvalue weighted by molar-refractivity contribution is 7.13. The molecule has 0 saturated heterocycles. The van der Waals surface area contributed by atoms with Crippen molar-refractivity contribution in [3.8, 4) is 27.6 Å². The molecule has 0 bridgehead atoms. The molecule has 0 aliphatic rings. The van der Waals surface area contributed by atoms with Gasteiger partial charge in [-0.1, -0.05) is 24.3 Å². The van der Waals surface area contributed by atoms with Crippen LogP contribution in [0, 0.1) is 0 Å². The van der Waals surface area contributed by atoms with Crippen molar-refractivity contribution >= 4 is 29.0 Å². The van der Waals surface area contributed by atoms with E-state index in [1.807, 2.05) is 47.8 Å².